The average Bonchev–Trinajstić information content (AvgIpc) is 2.77. The van der Waals surface area contributed by atoms with Gasteiger partial charge < -0.3 is 4.74 Å². The van der Waals surface area contributed by atoms with Crippen LogP contribution in [0.2, 0.25) is 5.02 Å². The van der Waals surface area contributed by atoms with Gasteiger partial charge in [0.1, 0.15) is 5.75 Å². The van der Waals surface area contributed by atoms with E-state index in [2.05, 4.69) is 6.07 Å². The third-order valence-electron chi connectivity index (χ3n) is 4.50. The van der Waals surface area contributed by atoms with E-state index in [-0.39, 0.29) is 16.2 Å². The summed E-state index contributed by atoms with van der Waals surface area (Å²) < 4.78 is 30.8. The molecule has 32 heavy (non-hydrogen) atoms. The lowest BCUT2D eigenvalue weighted by molar-refractivity contribution is 0.0734. The molecule has 8 heteroatoms. The van der Waals surface area contributed by atoms with Gasteiger partial charge in [-0.05, 0) is 65.7 Å². The zero-order valence-electron chi connectivity index (χ0n) is 17.3. The fourth-order valence-corrected chi connectivity index (χ4v) is 3.90. The second kappa shape index (κ2) is 9.79. The van der Waals surface area contributed by atoms with Crippen molar-refractivity contribution in [2.45, 2.75) is 4.90 Å². The molecule has 3 rings (SSSR count). The Labute approximate surface area is 192 Å². The maximum absolute atomic E-state index is 12.5. The van der Waals surface area contributed by atoms with Crippen LogP contribution in [0, 0.1) is 11.3 Å². The van der Waals surface area contributed by atoms with E-state index in [1.165, 1.54) is 38.4 Å². The number of halogens is 1. The summed E-state index contributed by atoms with van der Waals surface area (Å²) in [6, 6.07) is 21.3. The number of carbonyl (C=O) groups is 1. The minimum atomic E-state index is -3.58. The van der Waals surface area contributed by atoms with E-state index in [0.29, 0.717) is 21.7 Å². The molecule has 0 saturated carbocycles. The standard InChI is InChI=1S/C24H19ClN2O4S/c1-27(2)32(29,30)23-11-9-18(10-12-23)24(28)31-22-8-3-5-17(14-22)13-20(16-26)19-6-4-7-21(25)15-19/h3-15H,1-2H3/b20-13-. The molecule has 3 aromatic carbocycles. The molecular weight excluding hydrogens is 448 g/mol. The van der Waals surface area contributed by atoms with Gasteiger partial charge >= 0.3 is 5.97 Å². The van der Waals surface area contributed by atoms with Crippen molar-refractivity contribution in [3.8, 4) is 11.8 Å². The second-order valence-corrected chi connectivity index (χ2v) is 9.54. The van der Waals surface area contributed by atoms with Gasteiger partial charge in [0.15, 0.2) is 0 Å². The maximum atomic E-state index is 12.5. The van der Waals surface area contributed by atoms with Crippen molar-refractivity contribution in [3.63, 3.8) is 0 Å². The second-order valence-electron chi connectivity index (χ2n) is 6.95. The van der Waals surface area contributed by atoms with Crippen molar-refractivity contribution >= 4 is 39.2 Å². The molecule has 6 nitrogen and oxygen atoms in total. The minimum absolute atomic E-state index is 0.0798. The van der Waals surface area contributed by atoms with Crippen LogP contribution in [0.1, 0.15) is 21.5 Å². The van der Waals surface area contributed by atoms with Crippen molar-refractivity contribution in [2.24, 2.45) is 0 Å². The van der Waals surface area contributed by atoms with E-state index in [9.17, 15) is 18.5 Å². The van der Waals surface area contributed by atoms with Gasteiger partial charge in [0, 0.05) is 19.1 Å². The summed E-state index contributed by atoms with van der Waals surface area (Å²) >= 11 is 6.01. The fraction of sp³-hybridized carbons (Fsp3) is 0.0833. The van der Waals surface area contributed by atoms with Gasteiger partial charge in [0.2, 0.25) is 10.0 Å². The molecule has 0 saturated heterocycles. The van der Waals surface area contributed by atoms with Crippen LogP contribution in [0.3, 0.4) is 0 Å². The van der Waals surface area contributed by atoms with Crippen molar-refractivity contribution in [1.82, 2.24) is 4.31 Å². The third kappa shape index (κ3) is 5.42. The van der Waals surface area contributed by atoms with E-state index in [4.69, 9.17) is 16.3 Å². The Morgan fingerprint density at radius 2 is 1.69 bits per heavy atom. The summed E-state index contributed by atoms with van der Waals surface area (Å²) in [7, 11) is -0.716. The Bertz CT molecular complexity index is 1320. The van der Waals surface area contributed by atoms with Gasteiger partial charge in [0.05, 0.1) is 22.1 Å². The number of esters is 1. The number of nitrogens with zero attached hydrogens (tertiary/aromatic N) is 2. The molecular formula is C24H19ClN2O4S. The lowest BCUT2D eigenvalue weighted by Crippen LogP contribution is -2.22. The predicted molar refractivity (Wildman–Crippen MR) is 124 cm³/mol. The molecule has 0 aliphatic rings. The summed E-state index contributed by atoms with van der Waals surface area (Å²) in [5, 5.41) is 10.0. The number of allylic oxidation sites excluding steroid dienone is 1. The van der Waals surface area contributed by atoms with Crippen molar-refractivity contribution in [1.29, 1.82) is 5.26 Å². The first-order chi connectivity index (χ1) is 15.2. The molecule has 0 aliphatic heterocycles. The molecule has 0 radical (unpaired) electrons. The lowest BCUT2D eigenvalue weighted by atomic mass is 10.0. The molecule has 0 N–H and O–H groups in total. The number of nitriles is 1. The normalized spacial score (nSPS) is 11.8. The summed E-state index contributed by atoms with van der Waals surface area (Å²) in [5.74, 6) is -0.340. The van der Waals surface area contributed by atoms with E-state index in [0.717, 1.165) is 4.31 Å². The Morgan fingerprint density at radius 1 is 1.00 bits per heavy atom. The molecule has 3 aromatic rings. The largest absolute Gasteiger partial charge is 0.423 e. The zero-order chi connectivity index (χ0) is 23.3. The number of hydrogen-bond acceptors (Lipinski definition) is 5. The summed E-state index contributed by atoms with van der Waals surface area (Å²) in [5.41, 5.74) is 1.96. The highest BCUT2D eigenvalue weighted by Crippen LogP contribution is 2.23. The Hall–Kier alpha value is -3.44. The van der Waals surface area contributed by atoms with Crippen LogP contribution in [0.25, 0.3) is 11.6 Å². The number of ether oxygens (including phenoxy) is 1. The van der Waals surface area contributed by atoms with E-state index >= 15 is 0 Å². The van der Waals surface area contributed by atoms with Gasteiger partial charge in [-0.25, -0.2) is 17.5 Å². The fourth-order valence-electron chi connectivity index (χ4n) is 2.81. The first-order valence-electron chi connectivity index (χ1n) is 9.43. The Balaban J connectivity index is 1.80. The quantitative estimate of drug-likeness (QED) is 0.224. The van der Waals surface area contributed by atoms with Crippen molar-refractivity contribution < 1.29 is 17.9 Å². The van der Waals surface area contributed by atoms with Gasteiger partial charge in [0.25, 0.3) is 0 Å². The number of sulfonamides is 1. The highest BCUT2D eigenvalue weighted by molar-refractivity contribution is 7.89. The summed E-state index contributed by atoms with van der Waals surface area (Å²) in [6.45, 7) is 0. The van der Waals surface area contributed by atoms with Gasteiger partial charge in [-0.3, -0.25) is 0 Å². The molecule has 0 atom stereocenters. The average molecular weight is 467 g/mol. The molecule has 0 fully saturated rings. The topological polar surface area (TPSA) is 87.5 Å². The number of rotatable bonds is 6. The molecule has 0 amide bonds. The summed E-state index contributed by atoms with van der Waals surface area (Å²) in [6.07, 6.45) is 1.67. The Kier molecular flexibility index (Phi) is 7.11. The zero-order valence-corrected chi connectivity index (χ0v) is 18.9. The SMILES string of the molecule is CN(C)S(=O)(=O)c1ccc(C(=O)Oc2cccc(/C=C(/C#N)c3cccc(Cl)c3)c2)cc1. The van der Waals surface area contributed by atoms with E-state index < -0.39 is 16.0 Å². The van der Waals surface area contributed by atoms with Crippen LogP contribution in [-0.4, -0.2) is 32.8 Å². The molecule has 0 aromatic heterocycles. The molecule has 0 spiro atoms. The van der Waals surface area contributed by atoms with Gasteiger partial charge in [-0.2, -0.15) is 5.26 Å². The lowest BCUT2D eigenvalue weighted by Gasteiger charge is -2.11. The third-order valence-corrected chi connectivity index (χ3v) is 6.57. The molecule has 0 unspecified atom stereocenters. The molecule has 162 valence electrons. The van der Waals surface area contributed by atoms with Crippen LogP contribution in [0.4, 0.5) is 0 Å². The first kappa shape index (κ1) is 23.2. The number of hydrogen-bond donors (Lipinski definition) is 0. The van der Waals surface area contributed by atoms with Crippen LogP contribution in [0.15, 0.2) is 77.7 Å². The Morgan fingerprint density at radius 3 is 2.31 bits per heavy atom. The first-order valence-corrected chi connectivity index (χ1v) is 11.2. The number of benzene rings is 3. The van der Waals surface area contributed by atoms with E-state index in [1.54, 1.807) is 54.6 Å². The van der Waals surface area contributed by atoms with Gasteiger partial charge in [-0.1, -0.05) is 35.9 Å². The van der Waals surface area contributed by atoms with Gasteiger partial charge in [-0.15, -0.1) is 0 Å². The predicted octanol–water partition coefficient (Wildman–Crippen LogP) is 4.87. The van der Waals surface area contributed by atoms with Crippen LogP contribution < -0.4 is 4.74 Å². The molecule has 0 bridgehead atoms. The van der Waals surface area contributed by atoms with Crippen LogP contribution in [0.5, 0.6) is 5.75 Å². The van der Waals surface area contributed by atoms with Crippen LogP contribution in [-0.2, 0) is 10.0 Å². The minimum Gasteiger partial charge on any atom is -0.423 e. The highest BCUT2D eigenvalue weighted by Gasteiger charge is 2.18. The summed E-state index contributed by atoms with van der Waals surface area (Å²) in [4.78, 5) is 12.6. The van der Waals surface area contributed by atoms with Crippen LogP contribution >= 0.6 is 11.6 Å². The maximum Gasteiger partial charge on any atom is 0.343 e. The van der Waals surface area contributed by atoms with Crippen molar-refractivity contribution in [3.05, 3.63) is 94.5 Å². The smallest absolute Gasteiger partial charge is 0.343 e. The van der Waals surface area contributed by atoms with Crippen molar-refractivity contribution in [2.75, 3.05) is 14.1 Å². The molecule has 0 aliphatic carbocycles. The highest BCUT2D eigenvalue weighted by atomic mass is 35.5. The molecule has 0 heterocycles. The number of carbonyl (C=O) groups excluding carboxylic acids is 1. The van der Waals surface area contributed by atoms with E-state index in [1.807, 2.05) is 0 Å². The monoisotopic (exact) mass is 466 g/mol.